The third-order valence-corrected chi connectivity index (χ3v) is 4.72. The van der Waals surface area contributed by atoms with Crippen LogP contribution in [0.25, 0.3) is 22.6 Å². The van der Waals surface area contributed by atoms with E-state index >= 15 is 0 Å². The summed E-state index contributed by atoms with van der Waals surface area (Å²) in [5, 5.41) is 2.97. The first-order valence-electron chi connectivity index (χ1n) is 10.0. The standard InChI is InChI=1S/C23H28N2O2/c1-2-3-4-5-6-7-8-13-22(26)24-19-16-14-18(15-17-19)23-25-20-11-9-10-12-21(20)27-23/h9-12,14-17H,2-8,13H2,1H3,(H,24,26). The number of hydrogen-bond donors (Lipinski definition) is 1. The lowest BCUT2D eigenvalue weighted by Crippen LogP contribution is -2.10. The van der Waals surface area contributed by atoms with E-state index in [1.54, 1.807) is 0 Å². The normalized spacial score (nSPS) is 11.0. The van der Waals surface area contributed by atoms with Gasteiger partial charge in [-0.1, -0.05) is 57.6 Å². The van der Waals surface area contributed by atoms with Gasteiger partial charge in [0.2, 0.25) is 11.8 Å². The minimum atomic E-state index is 0.0816. The summed E-state index contributed by atoms with van der Waals surface area (Å²) in [4.78, 5) is 16.6. The molecule has 4 heteroatoms. The van der Waals surface area contributed by atoms with Gasteiger partial charge in [0.25, 0.3) is 0 Å². The molecule has 0 saturated heterocycles. The number of rotatable bonds is 10. The number of amides is 1. The topological polar surface area (TPSA) is 55.1 Å². The van der Waals surface area contributed by atoms with Gasteiger partial charge in [-0.15, -0.1) is 0 Å². The molecule has 2 aromatic carbocycles. The fourth-order valence-corrected chi connectivity index (χ4v) is 3.16. The zero-order valence-corrected chi connectivity index (χ0v) is 16.0. The summed E-state index contributed by atoms with van der Waals surface area (Å²) < 4.78 is 5.78. The van der Waals surface area contributed by atoms with Gasteiger partial charge in [0.1, 0.15) is 5.52 Å². The van der Waals surface area contributed by atoms with Crippen LogP contribution < -0.4 is 5.32 Å². The number of hydrogen-bond acceptors (Lipinski definition) is 3. The fourth-order valence-electron chi connectivity index (χ4n) is 3.16. The molecule has 0 aliphatic heterocycles. The van der Waals surface area contributed by atoms with Crippen LogP contribution in [-0.4, -0.2) is 10.9 Å². The highest BCUT2D eigenvalue weighted by atomic mass is 16.3. The molecule has 0 fully saturated rings. The summed E-state index contributed by atoms with van der Waals surface area (Å²) in [7, 11) is 0. The molecule has 0 atom stereocenters. The van der Waals surface area contributed by atoms with Crippen LogP contribution in [0.15, 0.2) is 52.9 Å². The maximum atomic E-state index is 12.1. The second-order valence-corrected chi connectivity index (χ2v) is 6.98. The molecule has 142 valence electrons. The van der Waals surface area contributed by atoms with Crippen molar-refractivity contribution in [2.75, 3.05) is 5.32 Å². The van der Waals surface area contributed by atoms with Gasteiger partial charge in [0, 0.05) is 17.7 Å². The number of anilines is 1. The predicted octanol–water partition coefficient (Wildman–Crippen LogP) is 6.57. The van der Waals surface area contributed by atoms with E-state index in [4.69, 9.17) is 4.42 Å². The molecule has 3 aromatic rings. The fraction of sp³-hybridized carbons (Fsp3) is 0.391. The Balaban J connectivity index is 1.45. The van der Waals surface area contributed by atoms with Crippen LogP contribution in [0.5, 0.6) is 0 Å². The molecule has 0 saturated carbocycles. The smallest absolute Gasteiger partial charge is 0.227 e. The molecule has 0 unspecified atom stereocenters. The molecule has 0 aliphatic carbocycles. The Hall–Kier alpha value is -2.62. The molecule has 0 bridgehead atoms. The summed E-state index contributed by atoms with van der Waals surface area (Å²) >= 11 is 0. The Morgan fingerprint density at radius 1 is 0.926 bits per heavy atom. The van der Waals surface area contributed by atoms with Crippen LogP contribution in [-0.2, 0) is 4.79 Å². The Morgan fingerprint density at radius 3 is 2.37 bits per heavy atom. The molecule has 0 aliphatic rings. The van der Waals surface area contributed by atoms with Gasteiger partial charge in [0.15, 0.2) is 5.58 Å². The van der Waals surface area contributed by atoms with Crippen molar-refractivity contribution in [3.63, 3.8) is 0 Å². The second-order valence-electron chi connectivity index (χ2n) is 6.98. The molecule has 4 nitrogen and oxygen atoms in total. The Bertz CT molecular complexity index is 819. The minimum absolute atomic E-state index is 0.0816. The van der Waals surface area contributed by atoms with Crippen LogP contribution in [0.3, 0.4) is 0 Å². The number of carbonyl (C=O) groups excluding carboxylic acids is 1. The van der Waals surface area contributed by atoms with E-state index in [0.717, 1.165) is 35.2 Å². The van der Waals surface area contributed by atoms with Crippen LogP contribution >= 0.6 is 0 Å². The Morgan fingerprint density at radius 2 is 1.63 bits per heavy atom. The van der Waals surface area contributed by atoms with E-state index < -0.39 is 0 Å². The van der Waals surface area contributed by atoms with Crippen LogP contribution in [0.2, 0.25) is 0 Å². The zero-order valence-electron chi connectivity index (χ0n) is 16.0. The first-order valence-corrected chi connectivity index (χ1v) is 10.0. The van der Waals surface area contributed by atoms with Gasteiger partial charge < -0.3 is 9.73 Å². The first kappa shape index (κ1) is 19.2. The van der Waals surface area contributed by atoms with Crippen molar-refractivity contribution in [3.05, 3.63) is 48.5 Å². The van der Waals surface area contributed by atoms with E-state index in [1.165, 1.54) is 32.1 Å². The summed E-state index contributed by atoms with van der Waals surface area (Å²) in [5.74, 6) is 0.676. The van der Waals surface area contributed by atoms with Crippen molar-refractivity contribution in [1.29, 1.82) is 0 Å². The van der Waals surface area contributed by atoms with Crippen molar-refractivity contribution in [2.45, 2.75) is 58.3 Å². The number of carbonyl (C=O) groups is 1. The first-order chi connectivity index (χ1) is 13.3. The highest BCUT2D eigenvalue weighted by molar-refractivity contribution is 5.90. The van der Waals surface area contributed by atoms with Crippen molar-refractivity contribution in [3.8, 4) is 11.5 Å². The van der Waals surface area contributed by atoms with E-state index in [-0.39, 0.29) is 5.91 Å². The van der Waals surface area contributed by atoms with E-state index in [1.807, 2.05) is 48.5 Å². The number of para-hydroxylation sites is 2. The molecule has 1 heterocycles. The number of benzene rings is 2. The largest absolute Gasteiger partial charge is 0.436 e. The van der Waals surface area contributed by atoms with Gasteiger partial charge in [-0.05, 0) is 42.8 Å². The quantitative estimate of drug-likeness (QED) is 0.414. The van der Waals surface area contributed by atoms with Gasteiger partial charge in [0.05, 0.1) is 0 Å². The van der Waals surface area contributed by atoms with E-state index in [9.17, 15) is 4.79 Å². The third kappa shape index (κ3) is 5.68. The molecule has 1 N–H and O–H groups in total. The maximum Gasteiger partial charge on any atom is 0.227 e. The summed E-state index contributed by atoms with van der Waals surface area (Å²) in [6.07, 6.45) is 9.09. The lowest BCUT2D eigenvalue weighted by molar-refractivity contribution is -0.116. The number of fused-ring (bicyclic) bond motifs is 1. The number of unbranched alkanes of at least 4 members (excludes halogenated alkanes) is 6. The minimum Gasteiger partial charge on any atom is -0.436 e. The average molecular weight is 364 g/mol. The number of nitrogens with one attached hydrogen (secondary N) is 1. The Labute approximate surface area is 161 Å². The Kier molecular flexibility index (Phi) is 7.03. The van der Waals surface area contributed by atoms with Crippen molar-refractivity contribution in [2.24, 2.45) is 0 Å². The van der Waals surface area contributed by atoms with Crippen molar-refractivity contribution >= 4 is 22.7 Å². The average Bonchev–Trinajstić information content (AvgIpc) is 3.12. The third-order valence-electron chi connectivity index (χ3n) is 4.72. The molecule has 3 rings (SSSR count). The van der Waals surface area contributed by atoms with Gasteiger partial charge in [-0.2, -0.15) is 0 Å². The SMILES string of the molecule is CCCCCCCCCC(=O)Nc1ccc(-c2nc3ccccc3o2)cc1. The molecule has 1 aromatic heterocycles. The van der Waals surface area contributed by atoms with E-state index in [0.29, 0.717) is 12.3 Å². The molecule has 0 radical (unpaired) electrons. The second kappa shape index (κ2) is 9.91. The summed E-state index contributed by atoms with van der Waals surface area (Å²) in [5.41, 5.74) is 3.33. The van der Waals surface area contributed by atoms with Crippen LogP contribution in [0.1, 0.15) is 58.3 Å². The molecular formula is C23H28N2O2. The predicted molar refractivity (Wildman–Crippen MR) is 111 cm³/mol. The number of nitrogens with zero attached hydrogens (tertiary/aromatic N) is 1. The highest BCUT2D eigenvalue weighted by Crippen LogP contribution is 2.25. The monoisotopic (exact) mass is 364 g/mol. The lowest BCUT2D eigenvalue weighted by Gasteiger charge is -2.06. The molecular weight excluding hydrogens is 336 g/mol. The van der Waals surface area contributed by atoms with Gasteiger partial charge in [-0.3, -0.25) is 4.79 Å². The van der Waals surface area contributed by atoms with Crippen molar-refractivity contribution in [1.82, 2.24) is 4.98 Å². The zero-order chi connectivity index (χ0) is 18.9. The van der Waals surface area contributed by atoms with Crippen molar-refractivity contribution < 1.29 is 9.21 Å². The number of oxazole rings is 1. The maximum absolute atomic E-state index is 12.1. The number of aromatic nitrogens is 1. The van der Waals surface area contributed by atoms with E-state index in [2.05, 4.69) is 17.2 Å². The highest BCUT2D eigenvalue weighted by Gasteiger charge is 2.08. The van der Waals surface area contributed by atoms with Crippen LogP contribution in [0.4, 0.5) is 5.69 Å². The van der Waals surface area contributed by atoms with Crippen LogP contribution in [0, 0.1) is 0 Å². The molecule has 1 amide bonds. The lowest BCUT2D eigenvalue weighted by atomic mass is 10.1. The summed E-state index contributed by atoms with van der Waals surface area (Å²) in [6, 6.07) is 15.4. The molecule has 27 heavy (non-hydrogen) atoms. The summed E-state index contributed by atoms with van der Waals surface area (Å²) in [6.45, 7) is 2.23. The molecule has 0 spiro atoms. The van der Waals surface area contributed by atoms with Gasteiger partial charge in [-0.25, -0.2) is 4.98 Å². The van der Waals surface area contributed by atoms with Gasteiger partial charge >= 0.3 is 0 Å².